The van der Waals surface area contributed by atoms with Crippen molar-refractivity contribution in [3.63, 3.8) is 0 Å². The first-order chi connectivity index (χ1) is 11.8. The van der Waals surface area contributed by atoms with Gasteiger partial charge >= 0.3 is 0 Å². The van der Waals surface area contributed by atoms with Crippen molar-refractivity contribution >= 4 is 5.91 Å². The molecule has 7 heteroatoms. The molecule has 1 aromatic heterocycles. The van der Waals surface area contributed by atoms with Crippen molar-refractivity contribution in [2.24, 2.45) is 0 Å². The Kier molecular flexibility index (Phi) is 4.43. The molecular weight excluding hydrogens is 323 g/mol. The molecule has 1 aromatic carbocycles. The van der Waals surface area contributed by atoms with E-state index in [9.17, 15) is 9.18 Å². The molecule has 6 nitrogen and oxygen atoms in total. The van der Waals surface area contributed by atoms with Crippen molar-refractivity contribution < 1.29 is 13.6 Å². The molecule has 0 aliphatic carbocycles. The number of likely N-dealkylation sites (N-methyl/N-ethyl adjacent to an activating group) is 1. The summed E-state index contributed by atoms with van der Waals surface area (Å²) in [5.41, 5.74) is 0.394. The van der Waals surface area contributed by atoms with Gasteiger partial charge in [0.25, 0.3) is 11.8 Å². The smallest absolute Gasteiger partial charge is 0.250 e. The second-order valence-corrected chi connectivity index (χ2v) is 6.96. The van der Waals surface area contributed by atoms with Crippen LogP contribution >= 0.6 is 0 Å². The summed E-state index contributed by atoms with van der Waals surface area (Å²) < 4.78 is 19.5. The van der Waals surface area contributed by atoms with E-state index < -0.39 is 11.2 Å². The summed E-state index contributed by atoms with van der Waals surface area (Å²) in [6.07, 6.45) is 0. The first-order valence-corrected chi connectivity index (χ1v) is 8.01. The Labute approximate surface area is 145 Å². The number of carbonyl (C=O) groups is 1. The average Bonchev–Trinajstić information content (AvgIpc) is 3.01. The minimum atomic E-state index is -0.426. The van der Waals surface area contributed by atoms with Gasteiger partial charge < -0.3 is 14.2 Å². The molecule has 0 unspecified atom stereocenters. The third-order valence-corrected chi connectivity index (χ3v) is 4.22. The summed E-state index contributed by atoms with van der Waals surface area (Å²) in [5.74, 6) is 0.0809. The largest absolute Gasteiger partial charge is 0.420 e. The molecule has 1 aliphatic heterocycles. The SMILES string of the molecule is C=C(CN(C)C)C(=O)N1CC(C)(c2nnc(-c3ccccc3F)o2)C1. The Balaban J connectivity index is 1.70. The van der Waals surface area contributed by atoms with Gasteiger partial charge in [0, 0.05) is 25.2 Å². The molecule has 1 saturated heterocycles. The molecule has 1 amide bonds. The van der Waals surface area contributed by atoms with Crippen LogP contribution in [0.1, 0.15) is 12.8 Å². The number of carbonyl (C=O) groups excluding carboxylic acids is 1. The summed E-state index contributed by atoms with van der Waals surface area (Å²) in [5, 5.41) is 8.02. The molecule has 132 valence electrons. The zero-order chi connectivity index (χ0) is 18.2. The summed E-state index contributed by atoms with van der Waals surface area (Å²) in [6, 6.07) is 6.26. The van der Waals surface area contributed by atoms with Crippen LogP contribution in [0.15, 0.2) is 40.8 Å². The van der Waals surface area contributed by atoms with Gasteiger partial charge in [-0.3, -0.25) is 4.79 Å². The van der Waals surface area contributed by atoms with Gasteiger partial charge in [0.1, 0.15) is 5.82 Å². The number of amides is 1. The van der Waals surface area contributed by atoms with Crippen LogP contribution in [0.3, 0.4) is 0 Å². The predicted molar refractivity (Wildman–Crippen MR) is 91.3 cm³/mol. The Morgan fingerprint density at radius 2 is 2.04 bits per heavy atom. The van der Waals surface area contributed by atoms with Gasteiger partial charge in [-0.05, 0) is 33.2 Å². The fourth-order valence-corrected chi connectivity index (χ4v) is 2.96. The third kappa shape index (κ3) is 3.32. The highest BCUT2D eigenvalue weighted by Gasteiger charge is 2.47. The van der Waals surface area contributed by atoms with Gasteiger partial charge in [-0.1, -0.05) is 18.7 Å². The average molecular weight is 344 g/mol. The van der Waals surface area contributed by atoms with Gasteiger partial charge in [0.05, 0.1) is 11.0 Å². The van der Waals surface area contributed by atoms with Crippen LogP contribution in [0.4, 0.5) is 4.39 Å². The number of halogens is 1. The summed E-state index contributed by atoms with van der Waals surface area (Å²) >= 11 is 0. The Morgan fingerprint density at radius 3 is 2.68 bits per heavy atom. The van der Waals surface area contributed by atoms with Crippen LogP contribution in [0.2, 0.25) is 0 Å². The number of nitrogens with zero attached hydrogens (tertiary/aromatic N) is 4. The van der Waals surface area contributed by atoms with E-state index in [0.717, 1.165) is 0 Å². The maximum atomic E-state index is 13.8. The van der Waals surface area contributed by atoms with Crippen LogP contribution in [-0.4, -0.2) is 59.6 Å². The fourth-order valence-electron chi connectivity index (χ4n) is 2.96. The van der Waals surface area contributed by atoms with Crippen molar-refractivity contribution in [2.45, 2.75) is 12.3 Å². The van der Waals surface area contributed by atoms with E-state index in [-0.39, 0.29) is 17.4 Å². The van der Waals surface area contributed by atoms with Gasteiger partial charge in [-0.2, -0.15) is 0 Å². The monoisotopic (exact) mass is 344 g/mol. The van der Waals surface area contributed by atoms with Crippen LogP contribution in [0, 0.1) is 5.82 Å². The molecule has 0 spiro atoms. The fraction of sp³-hybridized carbons (Fsp3) is 0.389. The first-order valence-electron chi connectivity index (χ1n) is 8.01. The Bertz CT molecular complexity index is 809. The first kappa shape index (κ1) is 17.3. The van der Waals surface area contributed by atoms with E-state index in [4.69, 9.17) is 4.42 Å². The lowest BCUT2D eigenvalue weighted by Crippen LogP contribution is -2.60. The Hall–Kier alpha value is -2.54. The lowest BCUT2D eigenvalue weighted by atomic mass is 9.81. The maximum absolute atomic E-state index is 13.8. The third-order valence-electron chi connectivity index (χ3n) is 4.22. The lowest BCUT2D eigenvalue weighted by Gasteiger charge is -2.45. The van der Waals surface area contributed by atoms with E-state index in [1.165, 1.54) is 6.07 Å². The molecular formula is C18H21FN4O2. The van der Waals surface area contributed by atoms with E-state index in [0.29, 0.717) is 31.1 Å². The number of hydrogen-bond donors (Lipinski definition) is 0. The highest BCUT2D eigenvalue weighted by atomic mass is 19.1. The minimum absolute atomic E-state index is 0.0694. The van der Waals surface area contributed by atoms with Crippen LogP contribution in [0.25, 0.3) is 11.5 Å². The highest BCUT2D eigenvalue weighted by molar-refractivity contribution is 5.94. The topological polar surface area (TPSA) is 62.5 Å². The maximum Gasteiger partial charge on any atom is 0.250 e. The molecule has 0 radical (unpaired) electrons. The Morgan fingerprint density at radius 1 is 1.36 bits per heavy atom. The normalized spacial score (nSPS) is 16.0. The number of benzene rings is 1. The number of aromatic nitrogens is 2. The second kappa shape index (κ2) is 6.40. The molecule has 1 fully saturated rings. The van der Waals surface area contributed by atoms with Crippen molar-refractivity contribution in [1.82, 2.24) is 20.0 Å². The van der Waals surface area contributed by atoms with E-state index in [1.54, 1.807) is 23.1 Å². The van der Waals surface area contributed by atoms with Gasteiger partial charge in [-0.15, -0.1) is 10.2 Å². The van der Waals surface area contributed by atoms with Crippen molar-refractivity contribution in [2.75, 3.05) is 33.7 Å². The van der Waals surface area contributed by atoms with Crippen LogP contribution in [-0.2, 0) is 10.2 Å². The second-order valence-electron chi connectivity index (χ2n) is 6.96. The summed E-state index contributed by atoms with van der Waals surface area (Å²) in [7, 11) is 3.78. The van der Waals surface area contributed by atoms with Gasteiger partial charge in [0.15, 0.2) is 0 Å². The number of hydrogen-bond acceptors (Lipinski definition) is 5. The van der Waals surface area contributed by atoms with E-state index >= 15 is 0 Å². The summed E-state index contributed by atoms with van der Waals surface area (Å²) in [6.45, 7) is 7.25. The predicted octanol–water partition coefficient (Wildman–Crippen LogP) is 2.09. The molecule has 2 aromatic rings. The molecule has 25 heavy (non-hydrogen) atoms. The molecule has 0 bridgehead atoms. The molecule has 1 aliphatic rings. The molecule has 3 rings (SSSR count). The molecule has 2 heterocycles. The van der Waals surface area contributed by atoms with Crippen LogP contribution < -0.4 is 0 Å². The summed E-state index contributed by atoms with van der Waals surface area (Å²) in [4.78, 5) is 15.9. The van der Waals surface area contributed by atoms with E-state index in [2.05, 4.69) is 16.8 Å². The highest BCUT2D eigenvalue weighted by Crippen LogP contribution is 2.35. The van der Waals surface area contributed by atoms with Gasteiger partial charge in [0.2, 0.25) is 5.89 Å². The molecule has 0 N–H and O–H groups in total. The minimum Gasteiger partial charge on any atom is -0.420 e. The standard InChI is InChI=1S/C18H21FN4O2/c1-12(9-22(3)4)16(24)23-10-18(2,11-23)17-21-20-15(25-17)13-7-5-6-8-14(13)19/h5-8H,1,9-11H2,2-4H3. The van der Waals surface area contributed by atoms with Crippen LogP contribution in [0.5, 0.6) is 0 Å². The van der Waals surface area contributed by atoms with Crippen molar-refractivity contribution in [3.05, 3.63) is 48.1 Å². The van der Waals surface area contributed by atoms with E-state index in [1.807, 2.05) is 25.9 Å². The zero-order valence-electron chi connectivity index (χ0n) is 14.6. The number of likely N-dealkylation sites (tertiary alicyclic amines) is 1. The van der Waals surface area contributed by atoms with Gasteiger partial charge in [-0.25, -0.2) is 4.39 Å². The molecule has 0 atom stereocenters. The van der Waals surface area contributed by atoms with Crippen molar-refractivity contribution in [3.8, 4) is 11.5 Å². The lowest BCUT2D eigenvalue weighted by molar-refractivity contribution is -0.135. The quantitative estimate of drug-likeness (QED) is 0.777. The zero-order valence-corrected chi connectivity index (χ0v) is 14.6. The number of rotatable bonds is 5. The molecule has 0 saturated carbocycles. The van der Waals surface area contributed by atoms with Crippen molar-refractivity contribution in [1.29, 1.82) is 0 Å².